The number of hydrogen-bond acceptors (Lipinski definition) is 4. The van der Waals surface area contributed by atoms with E-state index < -0.39 is 5.60 Å². The van der Waals surface area contributed by atoms with E-state index in [1.807, 2.05) is 36.4 Å². The van der Waals surface area contributed by atoms with Gasteiger partial charge in [-0.1, -0.05) is 36.4 Å². The van der Waals surface area contributed by atoms with Crippen LogP contribution in [0.15, 0.2) is 48.7 Å². The van der Waals surface area contributed by atoms with Gasteiger partial charge in [0.1, 0.15) is 11.4 Å². The zero-order valence-corrected chi connectivity index (χ0v) is 10.1. The lowest BCUT2D eigenvalue weighted by Crippen LogP contribution is -2.37. The van der Waals surface area contributed by atoms with Crippen molar-refractivity contribution in [3.63, 3.8) is 0 Å². The Kier molecular flexibility index (Phi) is 3.60. The highest BCUT2D eigenvalue weighted by Crippen LogP contribution is 2.26. The van der Waals surface area contributed by atoms with Gasteiger partial charge in [-0.3, -0.25) is 0 Å². The third-order valence-corrected chi connectivity index (χ3v) is 3.06. The SMILES string of the molecule is NCC(O)(Cc1cccnc1N)c1ccccc1. The fourth-order valence-electron chi connectivity index (χ4n) is 1.96. The van der Waals surface area contributed by atoms with Crippen LogP contribution < -0.4 is 11.5 Å². The number of anilines is 1. The lowest BCUT2D eigenvalue weighted by Gasteiger charge is -2.27. The van der Waals surface area contributed by atoms with Gasteiger partial charge in [-0.05, 0) is 17.2 Å². The topological polar surface area (TPSA) is 85.2 Å². The van der Waals surface area contributed by atoms with Crippen molar-refractivity contribution >= 4 is 5.82 Å². The molecule has 1 unspecified atom stereocenters. The highest BCUT2D eigenvalue weighted by Gasteiger charge is 2.28. The van der Waals surface area contributed by atoms with Gasteiger partial charge in [0, 0.05) is 19.2 Å². The number of nitrogen functional groups attached to an aromatic ring is 1. The molecule has 0 fully saturated rings. The highest BCUT2D eigenvalue weighted by molar-refractivity contribution is 5.40. The molecule has 0 saturated carbocycles. The lowest BCUT2D eigenvalue weighted by molar-refractivity contribution is 0.0464. The summed E-state index contributed by atoms with van der Waals surface area (Å²) in [6.45, 7) is 0.130. The van der Waals surface area contributed by atoms with Crippen LogP contribution in [-0.4, -0.2) is 16.6 Å². The molecule has 0 aliphatic carbocycles. The number of pyridine rings is 1. The largest absolute Gasteiger partial charge is 0.383 e. The van der Waals surface area contributed by atoms with E-state index in [-0.39, 0.29) is 6.54 Å². The second kappa shape index (κ2) is 5.16. The Bertz CT molecular complexity index is 515. The van der Waals surface area contributed by atoms with Crippen LogP contribution in [0.4, 0.5) is 5.82 Å². The summed E-state index contributed by atoms with van der Waals surface area (Å²) >= 11 is 0. The molecular weight excluding hydrogens is 226 g/mol. The molecule has 0 spiro atoms. The van der Waals surface area contributed by atoms with Crippen LogP contribution in [0.1, 0.15) is 11.1 Å². The Morgan fingerprint density at radius 1 is 1.11 bits per heavy atom. The van der Waals surface area contributed by atoms with Gasteiger partial charge in [0.05, 0.1) is 0 Å². The van der Waals surface area contributed by atoms with Crippen molar-refractivity contribution in [2.45, 2.75) is 12.0 Å². The van der Waals surface area contributed by atoms with Gasteiger partial charge in [0.15, 0.2) is 0 Å². The van der Waals surface area contributed by atoms with E-state index in [0.717, 1.165) is 11.1 Å². The average Bonchev–Trinajstić information content (AvgIpc) is 2.42. The van der Waals surface area contributed by atoms with E-state index in [0.29, 0.717) is 12.2 Å². The van der Waals surface area contributed by atoms with Gasteiger partial charge in [-0.2, -0.15) is 0 Å². The van der Waals surface area contributed by atoms with Crippen molar-refractivity contribution in [2.75, 3.05) is 12.3 Å². The van der Waals surface area contributed by atoms with E-state index in [9.17, 15) is 5.11 Å². The molecule has 4 heteroatoms. The first-order chi connectivity index (χ1) is 8.65. The molecule has 0 radical (unpaired) electrons. The maximum Gasteiger partial charge on any atom is 0.126 e. The number of rotatable bonds is 4. The van der Waals surface area contributed by atoms with E-state index in [1.54, 1.807) is 12.3 Å². The van der Waals surface area contributed by atoms with Crippen molar-refractivity contribution in [1.29, 1.82) is 0 Å². The number of aliphatic hydroxyl groups is 1. The molecule has 0 aliphatic rings. The quantitative estimate of drug-likeness (QED) is 0.749. The minimum absolute atomic E-state index is 0.130. The van der Waals surface area contributed by atoms with Gasteiger partial charge < -0.3 is 16.6 Å². The van der Waals surface area contributed by atoms with Crippen molar-refractivity contribution in [1.82, 2.24) is 4.98 Å². The van der Waals surface area contributed by atoms with Crippen molar-refractivity contribution in [3.8, 4) is 0 Å². The molecule has 0 amide bonds. The monoisotopic (exact) mass is 243 g/mol. The predicted molar refractivity (Wildman–Crippen MR) is 71.7 cm³/mol. The second-order valence-corrected chi connectivity index (χ2v) is 4.33. The summed E-state index contributed by atoms with van der Waals surface area (Å²) in [5, 5.41) is 10.7. The van der Waals surface area contributed by atoms with Crippen molar-refractivity contribution < 1.29 is 5.11 Å². The normalized spacial score (nSPS) is 14.1. The first-order valence-electron chi connectivity index (χ1n) is 5.83. The van der Waals surface area contributed by atoms with Crippen LogP contribution in [0.2, 0.25) is 0 Å². The number of nitrogens with two attached hydrogens (primary N) is 2. The molecular formula is C14H17N3O. The van der Waals surface area contributed by atoms with E-state index >= 15 is 0 Å². The molecule has 94 valence electrons. The van der Waals surface area contributed by atoms with E-state index in [2.05, 4.69) is 4.98 Å². The van der Waals surface area contributed by atoms with Crippen molar-refractivity contribution in [2.24, 2.45) is 5.73 Å². The van der Waals surface area contributed by atoms with E-state index in [4.69, 9.17) is 11.5 Å². The minimum atomic E-state index is -1.11. The summed E-state index contributed by atoms with van der Waals surface area (Å²) in [5.74, 6) is 0.431. The summed E-state index contributed by atoms with van der Waals surface area (Å²) in [6.07, 6.45) is 1.98. The average molecular weight is 243 g/mol. The van der Waals surface area contributed by atoms with E-state index in [1.165, 1.54) is 0 Å². The molecule has 2 rings (SSSR count). The number of benzene rings is 1. The fraction of sp³-hybridized carbons (Fsp3) is 0.214. The summed E-state index contributed by atoms with van der Waals surface area (Å²) in [4.78, 5) is 4.02. The minimum Gasteiger partial charge on any atom is -0.383 e. The summed E-state index contributed by atoms with van der Waals surface area (Å²) < 4.78 is 0. The summed E-state index contributed by atoms with van der Waals surface area (Å²) in [6, 6.07) is 13.0. The molecule has 0 saturated heterocycles. The Morgan fingerprint density at radius 2 is 1.83 bits per heavy atom. The zero-order valence-electron chi connectivity index (χ0n) is 10.1. The number of nitrogens with zero attached hydrogens (tertiary/aromatic N) is 1. The maximum absolute atomic E-state index is 10.7. The molecule has 4 nitrogen and oxygen atoms in total. The van der Waals surface area contributed by atoms with Crippen LogP contribution in [0.5, 0.6) is 0 Å². The molecule has 1 aromatic carbocycles. The highest BCUT2D eigenvalue weighted by atomic mass is 16.3. The molecule has 18 heavy (non-hydrogen) atoms. The molecule has 1 aromatic heterocycles. The Balaban J connectivity index is 2.32. The molecule has 0 aliphatic heterocycles. The Hall–Kier alpha value is -1.91. The Morgan fingerprint density at radius 3 is 2.44 bits per heavy atom. The lowest BCUT2D eigenvalue weighted by atomic mass is 9.87. The van der Waals surface area contributed by atoms with Crippen LogP contribution in [0.3, 0.4) is 0 Å². The van der Waals surface area contributed by atoms with Crippen molar-refractivity contribution in [3.05, 3.63) is 59.8 Å². The number of hydrogen-bond donors (Lipinski definition) is 3. The van der Waals surface area contributed by atoms with Crippen LogP contribution >= 0.6 is 0 Å². The van der Waals surface area contributed by atoms with Crippen LogP contribution in [-0.2, 0) is 12.0 Å². The molecule has 2 aromatic rings. The third kappa shape index (κ3) is 2.50. The standard InChI is InChI=1S/C14H17N3O/c15-10-14(18,12-6-2-1-3-7-12)9-11-5-4-8-17-13(11)16/h1-8,18H,9-10,15H2,(H2,16,17). The maximum atomic E-state index is 10.7. The van der Waals surface area contributed by atoms with Gasteiger partial charge in [-0.25, -0.2) is 4.98 Å². The molecule has 1 heterocycles. The summed E-state index contributed by atoms with van der Waals surface area (Å²) in [5.41, 5.74) is 12.0. The molecule has 0 bridgehead atoms. The Labute approximate surface area is 106 Å². The first-order valence-corrected chi connectivity index (χ1v) is 5.83. The zero-order chi connectivity index (χ0) is 13.0. The van der Waals surface area contributed by atoms with Crippen LogP contribution in [0.25, 0.3) is 0 Å². The smallest absolute Gasteiger partial charge is 0.126 e. The second-order valence-electron chi connectivity index (χ2n) is 4.33. The molecule has 5 N–H and O–H groups in total. The van der Waals surface area contributed by atoms with Gasteiger partial charge in [-0.15, -0.1) is 0 Å². The van der Waals surface area contributed by atoms with Gasteiger partial charge in [0.2, 0.25) is 0 Å². The van der Waals surface area contributed by atoms with Gasteiger partial charge in [0.25, 0.3) is 0 Å². The first kappa shape index (κ1) is 12.5. The predicted octanol–water partition coefficient (Wildman–Crippen LogP) is 1.05. The number of aromatic nitrogens is 1. The van der Waals surface area contributed by atoms with Crippen LogP contribution in [0, 0.1) is 0 Å². The summed E-state index contributed by atoms with van der Waals surface area (Å²) in [7, 11) is 0. The van der Waals surface area contributed by atoms with Gasteiger partial charge >= 0.3 is 0 Å². The fourth-order valence-corrected chi connectivity index (χ4v) is 1.96. The molecule has 1 atom stereocenters. The third-order valence-electron chi connectivity index (χ3n) is 3.06.